The summed E-state index contributed by atoms with van der Waals surface area (Å²) in [5.74, 6) is 1.86. The molecule has 2 nitrogen and oxygen atoms in total. The highest BCUT2D eigenvalue weighted by molar-refractivity contribution is 5.28. The van der Waals surface area contributed by atoms with Gasteiger partial charge in [0.05, 0.1) is 6.61 Å². The van der Waals surface area contributed by atoms with Crippen LogP contribution in [-0.4, -0.2) is 12.6 Å². The monoisotopic (exact) mass is 217 g/mol. The number of ether oxygens (including phenoxy) is 1. The average Bonchev–Trinajstić information content (AvgIpc) is 3.17. The normalized spacial score (nSPS) is 19.8. The summed E-state index contributed by atoms with van der Waals surface area (Å²) in [7, 11) is 0. The van der Waals surface area contributed by atoms with Gasteiger partial charge >= 0.3 is 0 Å². The molecule has 0 aliphatic heterocycles. The summed E-state index contributed by atoms with van der Waals surface area (Å²) in [5.41, 5.74) is 1.33. The van der Waals surface area contributed by atoms with Crippen molar-refractivity contribution in [3.63, 3.8) is 0 Å². The second-order valence-corrected chi connectivity index (χ2v) is 5.06. The van der Waals surface area contributed by atoms with Crippen LogP contribution in [0.2, 0.25) is 0 Å². The van der Waals surface area contributed by atoms with Crippen LogP contribution < -0.4 is 10.1 Å². The number of hydrogen-bond donors (Lipinski definition) is 1. The van der Waals surface area contributed by atoms with Gasteiger partial charge in [0.2, 0.25) is 0 Å². The molecule has 0 heterocycles. The van der Waals surface area contributed by atoms with Crippen molar-refractivity contribution < 1.29 is 4.74 Å². The molecular formula is C14H19NO. The van der Waals surface area contributed by atoms with Gasteiger partial charge in [-0.15, -0.1) is 0 Å². The van der Waals surface area contributed by atoms with Gasteiger partial charge in [0.1, 0.15) is 5.75 Å². The molecule has 2 heteroatoms. The summed E-state index contributed by atoms with van der Waals surface area (Å²) in [6.07, 6.45) is 5.39. The molecule has 0 aromatic heterocycles. The highest BCUT2D eigenvalue weighted by atomic mass is 16.5. The molecule has 86 valence electrons. The van der Waals surface area contributed by atoms with Crippen molar-refractivity contribution >= 4 is 0 Å². The summed E-state index contributed by atoms with van der Waals surface area (Å²) in [6, 6.07) is 9.25. The second-order valence-electron chi connectivity index (χ2n) is 5.06. The third-order valence-corrected chi connectivity index (χ3v) is 3.25. The Morgan fingerprint density at radius 3 is 2.81 bits per heavy atom. The van der Waals surface area contributed by atoms with E-state index in [1.807, 2.05) is 0 Å². The molecule has 2 fully saturated rings. The van der Waals surface area contributed by atoms with E-state index in [-0.39, 0.29) is 0 Å². The molecule has 0 atom stereocenters. The minimum atomic E-state index is 0.774. The van der Waals surface area contributed by atoms with Gasteiger partial charge in [0.25, 0.3) is 0 Å². The van der Waals surface area contributed by atoms with Crippen LogP contribution in [0.1, 0.15) is 31.2 Å². The lowest BCUT2D eigenvalue weighted by atomic mass is 10.2. The molecule has 0 spiro atoms. The van der Waals surface area contributed by atoms with E-state index in [0.29, 0.717) is 0 Å². The fourth-order valence-corrected chi connectivity index (χ4v) is 1.79. The summed E-state index contributed by atoms with van der Waals surface area (Å²) in [5, 5.41) is 3.52. The van der Waals surface area contributed by atoms with Crippen LogP contribution in [0.15, 0.2) is 24.3 Å². The highest BCUT2D eigenvalue weighted by Gasteiger charge is 2.22. The first-order valence-electron chi connectivity index (χ1n) is 6.35. The smallest absolute Gasteiger partial charge is 0.119 e. The zero-order valence-electron chi connectivity index (χ0n) is 9.61. The van der Waals surface area contributed by atoms with Gasteiger partial charge in [-0.2, -0.15) is 0 Å². The van der Waals surface area contributed by atoms with Crippen LogP contribution in [0.4, 0.5) is 0 Å². The molecule has 1 N–H and O–H groups in total. The predicted molar refractivity (Wildman–Crippen MR) is 64.5 cm³/mol. The van der Waals surface area contributed by atoms with Crippen molar-refractivity contribution in [2.24, 2.45) is 5.92 Å². The van der Waals surface area contributed by atoms with Crippen molar-refractivity contribution in [2.45, 2.75) is 38.3 Å². The van der Waals surface area contributed by atoms with Gasteiger partial charge in [-0.05, 0) is 49.3 Å². The molecule has 0 amide bonds. The third-order valence-electron chi connectivity index (χ3n) is 3.25. The molecule has 0 radical (unpaired) electrons. The highest BCUT2D eigenvalue weighted by Crippen LogP contribution is 2.29. The maximum absolute atomic E-state index is 5.77. The van der Waals surface area contributed by atoms with E-state index in [1.54, 1.807) is 0 Å². The molecule has 0 unspecified atom stereocenters. The lowest BCUT2D eigenvalue weighted by Gasteiger charge is -2.08. The van der Waals surface area contributed by atoms with Crippen LogP contribution in [-0.2, 0) is 6.54 Å². The molecular weight excluding hydrogens is 198 g/mol. The Morgan fingerprint density at radius 1 is 1.19 bits per heavy atom. The molecule has 3 rings (SSSR count). The zero-order chi connectivity index (χ0) is 10.8. The van der Waals surface area contributed by atoms with Gasteiger partial charge in [0, 0.05) is 12.6 Å². The van der Waals surface area contributed by atoms with E-state index >= 15 is 0 Å². The topological polar surface area (TPSA) is 21.3 Å². The third kappa shape index (κ3) is 2.99. The number of nitrogens with one attached hydrogen (secondary N) is 1. The minimum Gasteiger partial charge on any atom is -0.493 e. The van der Waals surface area contributed by atoms with Crippen molar-refractivity contribution in [3.05, 3.63) is 29.8 Å². The Morgan fingerprint density at radius 2 is 2.06 bits per heavy atom. The van der Waals surface area contributed by atoms with E-state index in [2.05, 4.69) is 29.6 Å². The Kier molecular flexibility index (Phi) is 2.83. The molecule has 2 aliphatic carbocycles. The largest absolute Gasteiger partial charge is 0.493 e. The minimum absolute atomic E-state index is 0.774. The second kappa shape index (κ2) is 4.46. The lowest BCUT2D eigenvalue weighted by Crippen LogP contribution is -2.15. The average molecular weight is 217 g/mol. The van der Waals surface area contributed by atoms with Gasteiger partial charge < -0.3 is 10.1 Å². The van der Waals surface area contributed by atoms with E-state index in [0.717, 1.165) is 30.9 Å². The van der Waals surface area contributed by atoms with Crippen LogP contribution in [0, 0.1) is 5.92 Å². The molecule has 0 bridgehead atoms. The van der Waals surface area contributed by atoms with E-state index in [1.165, 1.54) is 31.2 Å². The molecule has 16 heavy (non-hydrogen) atoms. The van der Waals surface area contributed by atoms with E-state index < -0.39 is 0 Å². The van der Waals surface area contributed by atoms with E-state index in [4.69, 9.17) is 4.74 Å². The Hall–Kier alpha value is -1.02. The molecule has 1 aromatic carbocycles. The Balaban J connectivity index is 1.52. The fraction of sp³-hybridized carbons (Fsp3) is 0.571. The SMILES string of the molecule is c1cc(CNC2CC2)cc(OCC2CC2)c1. The Bertz CT molecular complexity index is 324. The molecule has 2 aliphatic rings. The molecule has 0 saturated heterocycles. The van der Waals surface area contributed by atoms with Gasteiger partial charge in [-0.25, -0.2) is 0 Å². The van der Waals surface area contributed by atoms with Crippen LogP contribution in [0.3, 0.4) is 0 Å². The van der Waals surface area contributed by atoms with Gasteiger partial charge in [0.15, 0.2) is 0 Å². The summed E-state index contributed by atoms with van der Waals surface area (Å²) >= 11 is 0. The van der Waals surface area contributed by atoms with Gasteiger partial charge in [-0.3, -0.25) is 0 Å². The molecule has 2 saturated carbocycles. The first-order chi connectivity index (χ1) is 7.90. The van der Waals surface area contributed by atoms with Crippen molar-refractivity contribution in [1.82, 2.24) is 5.32 Å². The Labute approximate surface area is 97.0 Å². The van der Waals surface area contributed by atoms with Gasteiger partial charge in [-0.1, -0.05) is 12.1 Å². The van der Waals surface area contributed by atoms with Crippen LogP contribution >= 0.6 is 0 Å². The maximum atomic E-state index is 5.77. The standard InChI is InChI=1S/C14H19NO/c1-2-12(9-15-13-6-7-13)8-14(3-1)16-10-11-4-5-11/h1-3,8,11,13,15H,4-7,9-10H2. The summed E-state index contributed by atoms with van der Waals surface area (Å²) < 4.78 is 5.77. The van der Waals surface area contributed by atoms with Crippen molar-refractivity contribution in [2.75, 3.05) is 6.61 Å². The zero-order valence-corrected chi connectivity index (χ0v) is 9.61. The molecule has 1 aromatic rings. The van der Waals surface area contributed by atoms with Crippen LogP contribution in [0.25, 0.3) is 0 Å². The quantitative estimate of drug-likeness (QED) is 0.791. The summed E-state index contributed by atoms with van der Waals surface area (Å²) in [6.45, 7) is 1.88. The summed E-state index contributed by atoms with van der Waals surface area (Å²) in [4.78, 5) is 0. The first-order valence-corrected chi connectivity index (χ1v) is 6.35. The lowest BCUT2D eigenvalue weighted by molar-refractivity contribution is 0.299. The fourth-order valence-electron chi connectivity index (χ4n) is 1.79. The number of hydrogen-bond acceptors (Lipinski definition) is 2. The van der Waals surface area contributed by atoms with Crippen molar-refractivity contribution in [3.8, 4) is 5.75 Å². The van der Waals surface area contributed by atoms with Crippen LogP contribution in [0.5, 0.6) is 5.75 Å². The predicted octanol–water partition coefficient (Wildman–Crippen LogP) is 2.73. The van der Waals surface area contributed by atoms with E-state index in [9.17, 15) is 0 Å². The number of benzene rings is 1. The number of rotatable bonds is 6. The first kappa shape index (κ1) is 10.2. The maximum Gasteiger partial charge on any atom is 0.119 e. The van der Waals surface area contributed by atoms with Crippen molar-refractivity contribution in [1.29, 1.82) is 0 Å².